The summed E-state index contributed by atoms with van der Waals surface area (Å²) in [5.41, 5.74) is 3.44. The Morgan fingerprint density at radius 2 is 2.00 bits per heavy atom. The van der Waals surface area contributed by atoms with Gasteiger partial charge in [-0.1, -0.05) is 45.0 Å². The van der Waals surface area contributed by atoms with Crippen molar-refractivity contribution in [2.45, 2.75) is 63.9 Å². The lowest BCUT2D eigenvalue weighted by Gasteiger charge is -2.20. The van der Waals surface area contributed by atoms with Gasteiger partial charge in [0.2, 0.25) is 0 Å². The maximum atomic E-state index is 12.2. The summed E-state index contributed by atoms with van der Waals surface area (Å²) >= 11 is 1.59. The standard InChI is InChI=1S/C23H29NO3S/c1-15-12-17(22(2,3)4)10-11-19(15)28-14-24-21(25)26-18-9-7-8-16-13-23(5,6)27-20(16)18/h7-12H,13-14H2,1-6H3,(H,24,25). The lowest BCUT2D eigenvalue weighted by Crippen LogP contribution is -2.27. The zero-order chi connectivity index (χ0) is 20.5. The Hall–Kier alpha value is -2.14. The number of hydrogen-bond donors (Lipinski definition) is 1. The van der Waals surface area contributed by atoms with Crippen molar-refractivity contribution in [2.24, 2.45) is 0 Å². The predicted molar refractivity (Wildman–Crippen MR) is 115 cm³/mol. The van der Waals surface area contributed by atoms with Gasteiger partial charge in [-0.3, -0.25) is 0 Å². The molecule has 1 amide bonds. The van der Waals surface area contributed by atoms with Crippen LogP contribution in [0.5, 0.6) is 11.5 Å². The molecule has 2 aromatic rings. The van der Waals surface area contributed by atoms with Crippen molar-refractivity contribution < 1.29 is 14.3 Å². The van der Waals surface area contributed by atoms with Crippen LogP contribution in [0.1, 0.15) is 51.3 Å². The summed E-state index contributed by atoms with van der Waals surface area (Å²) in [4.78, 5) is 13.4. The third-order valence-corrected chi connectivity index (χ3v) is 5.80. The fourth-order valence-electron chi connectivity index (χ4n) is 3.25. The van der Waals surface area contributed by atoms with E-state index < -0.39 is 6.09 Å². The minimum absolute atomic E-state index is 0.128. The minimum Gasteiger partial charge on any atom is -0.483 e. The molecule has 2 aromatic carbocycles. The zero-order valence-electron chi connectivity index (χ0n) is 17.5. The van der Waals surface area contributed by atoms with Gasteiger partial charge in [0.25, 0.3) is 0 Å². The molecular weight excluding hydrogens is 370 g/mol. The third kappa shape index (κ3) is 4.82. The largest absolute Gasteiger partial charge is 0.483 e. The van der Waals surface area contributed by atoms with Crippen LogP contribution in [0, 0.1) is 6.92 Å². The molecule has 1 heterocycles. The van der Waals surface area contributed by atoms with E-state index in [1.807, 2.05) is 26.0 Å². The highest BCUT2D eigenvalue weighted by atomic mass is 32.2. The van der Waals surface area contributed by atoms with Gasteiger partial charge in [0.1, 0.15) is 5.60 Å². The summed E-state index contributed by atoms with van der Waals surface area (Å²) in [5, 5.41) is 2.81. The fraction of sp³-hybridized carbons (Fsp3) is 0.435. The first-order valence-electron chi connectivity index (χ1n) is 9.56. The summed E-state index contributed by atoms with van der Waals surface area (Å²) in [6, 6.07) is 12.2. The number of fused-ring (bicyclic) bond motifs is 1. The van der Waals surface area contributed by atoms with Crippen molar-refractivity contribution >= 4 is 17.9 Å². The molecule has 0 unspecified atom stereocenters. The van der Waals surface area contributed by atoms with Crippen LogP contribution in [-0.4, -0.2) is 17.6 Å². The molecule has 1 aliphatic rings. The van der Waals surface area contributed by atoms with E-state index in [0.717, 1.165) is 16.9 Å². The van der Waals surface area contributed by atoms with Gasteiger partial charge in [-0.15, -0.1) is 11.8 Å². The summed E-state index contributed by atoms with van der Waals surface area (Å²) in [6.45, 7) is 12.8. The van der Waals surface area contributed by atoms with Crippen LogP contribution < -0.4 is 14.8 Å². The van der Waals surface area contributed by atoms with E-state index in [2.05, 4.69) is 51.2 Å². The van der Waals surface area contributed by atoms with Crippen molar-refractivity contribution in [3.05, 3.63) is 53.1 Å². The summed E-state index contributed by atoms with van der Waals surface area (Å²) in [6.07, 6.45) is 0.332. The number of aryl methyl sites for hydroxylation is 1. The number of amides is 1. The topological polar surface area (TPSA) is 47.6 Å². The average molecular weight is 400 g/mol. The van der Waals surface area contributed by atoms with E-state index in [1.54, 1.807) is 17.8 Å². The number of thioether (sulfide) groups is 1. The maximum absolute atomic E-state index is 12.2. The molecule has 0 radical (unpaired) electrons. The first-order chi connectivity index (χ1) is 13.0. The number of carbonyl (C=O) groups is 1. The number of para-hydroxylation sites is 1. The second-order valence-corrected chi connectivity index (χ2v) is 9.89. The summed E-state index contributed by atoms with van der Waals surface area (Å²) < 4.78 is 11.4. The van der Waals surface area contributed by atoms with E-state index in [4.69, 9.17) is 9.47 Å². The molecule has 1 aliphatic heterocycles. The lowest BCUT2D eigenvalue weighted by atomic mass is 9.86. The maximum Gasteiger partial charge on any atom is 0.413 e. The molecule has 0 saturated carbocycles. The number of ether oxygens (including phenoxy) is 2. The monoisotopic (exact) mass is 399 g/mol. The quantitative estimate of drug-likeness (QED) is 0.518. The van der Waals surface area contributed by atoms with Gasteiger partial charge < -0.3 is 14.8 Å². The molecule has 3 rings (SSSR count). The molecule has 0 bridgehead atoms. The molecule has 4 nitrogen and oxygen atoms in total. The zero-order valence-corrected chi connectivity index (χ0v) is 18.3. The van der Waals surface area contributed by atoms with Crippen molar-refractivity contribution in [3.8, 4) is 11.5 Å². The molecule has 0 fully saturated rings. The SMILES string of the molecule is Cc1cc(C(C)(C)C)ccc1SCNC(=O)Oc1cccc2c1OC(C)(C)C2. The minimum atomic E-state index is -0.474. The molecule has 1 N–H and O–H groups in total. The molecule has 0 saturated heterocycles. The van der Waals surface area contributed by atoms with Gasteiger partial charge in [-0.2, -0.15) is 0 Å². The van der Waals surface area contributed by atoms with Crippen molar-refractivity contribution in [1.82, 2.24) is 5.32 Å². The Kier molecular flexibility index (Phi) is 5.67. The van der Waals surface area contributed by atoms with Crippen LogP contribution in [0.15, 0.2) is 41.3 Å². The smallest absolute Gasteiger partial charge is 0.413 e. The first kappa shape index (κ1) is 20.6. The van der Waals surface area contributed by atoms with Gasteiger partial charge in [-0.05, 0) is 49.4 Å². The van der Waals surface area contributed by atoms with Gasteiger partial charge in [0.05, 0.1) is 5.88 Å². The Labute approximate surface area is 172 Å². The summed E-state index contributed by atoms with van der Waals surface area (Å²) in [7, 11) is 0. The second kappa shape index (κ2) is 7.70. The lowest BCUT2D eigenvalue weighted by molar-refractivity contribution is 0.133. The molecule has 150 valence electrons. The highest BCUT2D eigenvalue weighted by Gasteiger charge is 2.32. The molecular formula is C23H29NO3S. The first-order valence-corrected chi connectivity index (χ1v) is 10.5. The van der Waals surface area contributed by atoms with E-state index in [9.17, 15) is 4.79 Å². The van der Waals surface area contributed by atoms with Crippen LogP contribution in [-0.2, 0) is 11.8 Å². The Morgan fingerprint density at radius 3 is 2.68 bits per heavy atom. The van der Waals surface area contributed by atoms with Crippen LogP contribution in [0.4, 0.5) is 4.79 Å². The number of nitrogens with one attached hydrogen (secondary N) is 1. The Bertz CT molecular complexity index is 884. The molecule has 5 heteroatoms. The van der Waals surface area contributed by atoms with E-state index in [1.165, 1.54) is 11.1 Å². The van der Waals surface area contributed by atoms with E-state index >= 15 is 0 Å². The third-order valence-electron chi connectivity index (χ3n) is 4.74. The molecule has 0 atom stereocenters. The second-order valence-electron chi connectivity index (χ2n) is 8.87. The van der Waals surface area contributed by atoms with Crippen molar-refractivity contribution in [3.63, 3.8) is 0 Å². The van der Waals surface area contributed by atoms with Crippen molar-refractivity contribution in [2.75, 3.05) is 5.88 Å². The van der Waals surface area contributed by atoms with Gasteiger partial charge in [0, 0.05) is 16.9 Å². The number of benzene rings is 2. The van der Waals surface area contributed by atoms with E-state index in [0.29, 0.717) is 17.4 Å². The molecule has 0 aromatic heterocycles. The normalized spacial score (nSPS) is 14.9. The molecule has 0 spiro atoms. The van der Waals surface area contributed by atoms with Gasteiger partial charge >= 0.3 is 6.09 Å². The van der Waals surface area contributed by atoms with Crippen LogP contribution in [0.3, 0.4) is 0 Å². The van der Waals surface area contributed by atoms with Gasteiger partial charge in [0.15, 0.2) is 11.5 Å². The summed E-state index contributed by atoms with van der Waals surface area (Å²) in [5.74, 6) is 1.58. The van der Waals surface area contributed by atoms with Crippen LogP contribution in [0.2, 0.25) is 0 Å². The van der Waals surface area contributed by atoms with Gasteiger partial charge in [-0.25, -0.2) is 4.79 Å². The molecule has 0 aliphatic carbocycles. The average Bonchev–Trinajstić information content (AvgIpc) is 2.90. The molecule has 28 heavy (non-hydrogen) atoms. The van der Waals surface area contributed by atoms with Crippen molar-refractivity contribution in [1.29, 1.82) is 0 Å². The predicted octanol–water partition coefficient (Wildman–Crippen LogP) is 5.84. The number of hydrogen-bond acceptors (Lipinski definition) is 4. The van der Waals surface area contributed by atoms with E-state index in [-0.39, 0.29) is 11.0 Å². The highest BCUT2D eigenvalue weighted by Crippen LogP contribution is 2.41. The fourth-order valence-corrected chi connectivity index (χ4v) is 4.05. The van der Waals surface area contributed by atoms with Crippen LogP contribution >= 0.6 is 11.8 Å². The van der Waals surface area contributed by atoms with Crippen LogP contribution in [0.25, 0.3) is 0 Å². The Morgan fingerprint density at radius 1 is 1.25 bits per heavy atom. The highest BCUT2D eigenvalue weighted by molar-refractivity contribution is 7.99. The Balaban J connectivity index is 1.56. The number of carbonyl (C=O) groups excluding carboxylic acids is 1. The number of rotatable bonds is 4.